The molecule has 0 amide bonds. The zero-order valence-electron chi connectivity index (χ0n) is 21.1. The molecule has 0 spiro atoms. The van der Waals surface area contributed by atoms with Crippen LogP contribution in [-0.2, 0) is 0 Å². The van der Waals surface area contributed by atoms with Crippen LogP contribution in [0.3, 0.4) is 0 Å². The minimum Gasteiger partial charge on any atom is -0.504 e. The number of aromatic hydroxyl groups is 1. The molecule has 3 heterocycles. The maximum Gasteiger partial charge on any atom is 0.161 e. The zero-order valence-corrected chi connectivity index (χ0v) is 21.1. The molecule has 2 aromatic carbocycles. The minimum atomic E-state index is 0.0937. The van der Waals surface area contributed by atoms with E-state index in [1.165, 1.54) is 7.11 Å². The number of phenolic OH excluding ortho intramolecular Hbond substituents is 1. The molecule has 1 N–H and O–H groups in total. The van der Waals surface area contributed by atoms with Gasteiger partial charge in [-0.1, -0.05) is 12.1 Å². The van der Waals surface area contributed by atoms with Crippen LogP contribution in [0.1, 0.15) is 31.4 Å². The standard InChI is InChI=1S/C28H30N6O2/c1-18(27-30-21-10-6-5-9-20(21)28(32-27)33(2)3)15-25-29-22(17-26(31-25)34-13-7-8-14-34)19-11-12-23(35)24(16-19)36-4/h5-6,9-12,15-17,35H,7-8,13-14H2,1-4H3/b18-15+. The van der Waals surface area contributed by atoms with E-state index in [0.29, 0.717) is 17.4 Å². The third-order valence-electron chi connectivity index (χ3n) is 6.34. The topological polar surface area (TPSA) is 87.5 Å². The van der Waals surface area contributed by atoms with E-state index in [1.54, 1.807) is 12.1 Å². The van der Waals surface area contributed by atoms with E-state index < -0.39 is 0 Å². The van der Waals surface area contributed by atoms with Gasteiger partial charge >= 0.3 is 0 Å². The first kappa shape index (κ1) is 23.5. The highest BCUT2D eigenvalue weighted by Crippen LogP contribution is 2.33. The summed E-state index contributed by atoms with van der Waals surface area (Å²) in [7, 11) is 5.51. The minimum absolute atomic E-state index is 0.0937. The van der Waals surface area contributed by atoms with E-state index in [9.17, 15) is 5.11 Å². The summed E-state index contributed by atoms with van der Waals surface area (Å²) in [5.74, 6) is 3.48. The maximum absolute atomic E-state index is 10.1. The predicted octanol–water partition coefficient (Wildman–Crippen LogP) is 5.03. The smallest absolute Gasteiger partial charge is 0.161 e. The van der Waals surface area contributed by atoms with Crippen molar-refractivity contribution in [2.45, 2.75) is 19.8 Å². The van der Waals surface area contributed by atoms with Crippen LogP contribution in [0.15, 0.2) is 48.5 Å². The molecule has 1 saturated heterocycles. The zero-order chi connectivity index (χ0) is 25.2. The van der Waals surface area contributed by atoms with E-state index in [4.69, 9.17) is 24.7 Å². The Morgan fingerprint density at radius 1 is 1.00 bits per heavy atom. The molecule has 1 aliphatic heterocycles. The summed E-state index contributed by atoms with van der Waals surface area (Å²) in [4.78, 5) is 23.7. The Bertz CT molecular complexity index is 1440. The Morgan fingerprint density at radius 3 is 2.53 bits per heavy atom. The van der Waals surface area contributed by atoms with Crippen LogP contribution >= 0.6 is 0 Å². The van der Waals surface area contributed by atoms with E-state index in [0.717, 1.165) is 65.3 Å². The van der Waals surface area contributed by atoms with Crippen LogP contribution in [0.5, 0.6) is 11.5 Å². The fourth-order valence-electron chi connectivity index (χ4n) is 4.45. The summed E-state index contributed by atoms with van der Waals surface area (Å²) in [5, 5.41) is 11.1. The van der Waals surface area contributed by atoms with Crippen molar-refractivity contribution >= 4 is 34.2 Å². The molecule has 36 heavy (non-hydrogen) atoms. The number of para-hydroxylation sites is 1. The number of ether oxygens (including phenoxy) is 1. The molecule has 0 atom stereocenters. The highest BCUT2D eigenvalue weighted by atomic mass is 16.5. The number of anilines is 2. The third kappa shape index (κ3) is 4.66. The fraction of sp³-hybridized carbons (Fsp3) is 0.286. The van der Waals surface area contributed by atoms with Crippen molar-refractivity contribution in [3.8, 4) is 22.8 Å². The van der Waals surface area contributed by atoms with Gasteiger partial charge in [-0.15, -0.1) is 0 Å². The van der Waals surface area contributed by atoms with Crippen LogP contribution in [0.4, 0.5) is 11.6 Å². The molecule has 4 aromatic rings. The monoisotopic (exact) mass is 482 g/mol. The SMILES string of the molecule is COc1cc(-c2cc(N3CCCC3)nc(/C=C(\C)c3nc(N(C)C)c4ccccc4n3)n2)ccc1O. The molecule has 5 rings (SSSR count). The van der Waals surface area contributed by atoms with Gasteiger partial charge in [0.1, 0.15) is 11.6 Å². The van der Waals surface area contributed by atoms with Gasteiger partial charge in [0.15, 0.2) is 23.1 Å². The Hall–Kier alpha value is -4.20. The number of rotatable bonds is 6. The number of fused-ring (bicyclic) bond motifs is 1. The molecule has 2 aromatic heterocycles. The summed E-state index contributed by atoms with van der Waals surface area (Å²) >= 11 is 0. The molecule has 0 unspecified atom stereocenters. The van der Waals surface area contributed by atoms with Crippen LogP contribution in [0, 0.1) is 0 Å². The number of hydrogen-bond donors (Lipinski definition) is 1. The maximum atomic E-state index is 10.1. The quantitative estimate of drug-likeness (QED) is 0.410. The van der Waals surface area contributed by atoms with Gasteiger partial charge in [0.2, 0.25) is 0 Å². The van der Waals surface area contributed by atoms with Crippen molar-refractivity contribution in [2.24, 2.45) is 0 Å². The molecule has 1 aliphatic rings. The molecule has 1 fully saturated rings. The molecular weight excluding hydrogens is 452 g/mol. The summed E-state index contributed by atoms with van der Waals surface area (Å²) in [6.07, 6.45) is 4.23. The van der Waals surface area contributed by atoms with Crippen LogP contribution < -0.4 is 14.5 Å². The number of methoxy groups -OCH3 is 1. The van der Waals surface area contributed by atoms with Gasteiger partial charge in [0.25, 0.3) is 0 Å². The van der Waals surface area contributed by atoms with Crippen molar-refractivity contribution in [2.75, 3.05) is 44.1 Å². The molecular formula is C28H30N6O2. The highest BCUT2D eigenvalue weighted by Gasteiger charge is 2.17. The van der Waals surface area contributed by atoms with Gasteiger partial charge in [-0.2, -0.15) is 0 Å². The molecule has 0 radical (unpaired) electrons. The van der Waals surface area contributed by atoms with E-state index in [-0.39, 0.29) is 5.75 Å². The van der Waals surface area contributed by atoms with Gasteiger partial charge in [-0.05, 0) is 61.7 Å². The molecule has 0 bridgehead atoms. The van der Waals surface area contributed by atoms with Gasteiger partial charge < -0.3 is 19.6 Å². The van der Waals surface area contributed by atoms with Gasteiger partial charge in [0, 0.05) is 44.2 Å². The van der Waals surface area contributed by atoms with Crippen LogP contribution in [0.25, 0.3) is 33.8 Å². The first-order valence-corrected chi connectivity index (χ1v) is 12.1. The first-order valence-electron chi connectivity index (χ1n) is 12.1. The molecule has 8 heteroatoms. The van der Waals surface area contributed by atoms with Crippen molar-refractivity contribution in [1.82, 2.24) is 19.9 Å². The lowest BCUT2D eigenvalue weighted by atomic mass is 10.1. The second-order valence-corrected chi connectivity index (χ2v) is 9.16. The van der Waals surface area contributed by atoms with Crippen molar-refractivity contribution in [3.63, 3.8) is 0 Å². The molecule has 0 saturated carbocycles. The van der Waals surface area contributed by atoms with Crippen molar-refractivity contribution in [1.29, 1.82) is 0 Å². The second kappa shape index (κ2) is 9.81. The summed E-state index contributed by atoms with van der Waals surface area (Å²) in [5.41, 5.74) is 3.37. The van der Waals surface area contributed by atoms with Gasteiger partial charge in [-0.3, -0.25) is 0 Å². The number of allylic oxidation sites excluding steroid dienone is 1. The predicted molar refractivity (Wildman–Crippen MR) is 145 cm³/mol. The lowest BCUT2D eigenvalue weighted by Crippen LogP contribution is -2.19. The van der Waals surface area contributed by atoms with Crippen molar-refractivity contribution in [3.05, 3.63) is 60.2 Å². The number of hydrogen-bond acceptors (Lipinski definition) is 8. The Balaban J connectivity index is 1.61. The van der Waals surface area contributed by atoms with E-state index in [2.05, 4.69) is 4.90 Å². The van der Waals surface area contributed by atoms with Gasteiger partial charge in [0.05, 0.1) is 18.3 Å². The summed E-state index contributed by atoms with van der Waals surface area (Å²) in [6, 6.07) is 15.3. The third-order valence-corrected chi connectivity index (χ3v) is 6.34. The average Bonchev–Trinajstić information content (AvgIpc) is 3.43. The molecule has 0 aliphatic carbocycles. The number of aromatic nitrogens is 4. The summed E-state index contributed by atoms with van der Waals surface area (Å²) < 4.78 is 5.32. The Kier molecular flexibility index (Phi) is 6.41. The Morgan fingerprint density at radius 2 is 1.78 bits per heavy atom. The normalized spacial score (nSPS) is 13.9. The first-order chi connectivity index (χ1) is 17.4. The van der Waals surface area contributed by atoms with E-state index in [1.807, 2.05) is 68.4 Å². The number of benzene rings is 2. The lowest BCUT2D eigenvalue weighted by molar-refractivity contribution is 0.373. The number of nitrogens with zero attached hydrogens (tertiary/aromatic N) is 6. The number of phenols is 1. The van der Waals surface area contributed by atoms with Crippen molar-refractivity contribution < 1.29 is 9.84 Å². The van der Waals surface area contributed by atoms with Crippen LogP contribution in [0.2, 0.25) is 0 Å². The molecule has 184 valence electrons. The Labute approximate surface area is 210 Å². The van der Waals surface area contributed by atoms with Gasteiger partial charge in [-0.25, -0.2) is 19.9 Å². The fourth-order valence-corrected chi connectivity index (χ4v) is 4.45. The highest BCUT2D eigenvalue weighted by molar-refractivity contribution is 5.91. The van der Waals surface area contributed by atoms with E-state index >= 15 is 0 Å². The lowest BCUT2D eigenvalue weighted by Gasteiger charge is -2.18. The molecule has 8 nitrogen and oxygen atoms in total. The largest absolute Gasteiger partial charge is 0.504 e. The average molecular weight is 483 g/mol. The summed E-state index contributed by atoms with van der Waals surface area (Å²) in [6.45, 7) is 3.92. The second-order valence-electron chi connectivity index (χ2n) is 9.16. The van der Waals surface area contributed by atoms with Crippen LogP contribution in [-0.4, -0.2) is 59.3 Å².